The summed E-state index contributed by atoms with van der Waals surface area (Å²) in [6.45, 7) is 1.58. The Morgan fingerprint density at radius 1 is 1.08 bits per heavy atom. The number of imidazole rings is 1. The van der Waals surface area contributed by atoms with Gasteiger partial charge in [0.2, 0.25) is 0 Å². The molecule has 5 nitrogen and oxygen atoms in total. The number of likely N-dealkylation sites (tertiary alicyclic amines) is 1. The first-order chi connectivity index (χ1) is 11.7. The molecule has 2 aromatic carbocycles. The highest BCUT2D eigenvalue weighted by Crippen LogP contribution is 2.23. The fourth-order valence-electron chi connectivity index (χ4n) is 3.48. The van der Waals surface area contributed by atoms with Crippen LogP contribution in [0.25, 0.3) is 11.0 Å². The summed E-state index contributed by atoms with van der Waals surface area (Å²) < 4.78 is 0. The van der Waals surface area contributed by atoms with Crippen LogP contribution in [-0.2, 0) is 6.42 Å². The first kappa shape index (κ1) is 14.8. The van der Waals surface area contributed by atoms with Crippen molar-refractivity contribution in [1.29, 1.82) is 0 Å². The van der Waals surface area contributed by atoms with Crippen molar-refractivity contribution in [1.82, 2.24) is 14.9 Å². The monoisotopic (exact) mass is 321 g/mol. The van der Waals surface area contributed by atoms with E-state index in [9.17, 15) is 9.59 Å². The van der Waals surface area contributed by atoms with E-state index in [2.05, 4.69) is 34.2 Å². The standard InChI is InChI=1S/C19H19N3O2/c23-18(15-6-7-16-17(11-15)21-19(24)20-16)22-9-8-14(12-22)10-13-4-2-1-3-5-13/h1-7,11,14H,8-10,12H2,(H2,20,21,24)/t14-/m1/s1. The molecule has 5 heteroatoms. The van der Waals surface area contributed by atoms with Crippen LogP contribution in [0.3, 0.4) is 0 Å². The summed E-state index contributed by atoms with van der Waals surface area (Å²) in [5.74, 6) is 0.543. The topological polar surface area (TPSA) is 69.0 Å². The van der Waals surface area contributed by atoms with Crippen molar-refractivity contribution in [2.24, 2.45) is 5.92 Å². The molecule has 1 amide bonds. The number of aromatic nitrogens is 2. The number of nitrogens with one attached hydrogen (secondary N) is 2. The number of rotatable bonds is 3. The van der Waals surface area contributed by atoms with Gasteiger partial charge in [0.15, 0.2) is 0 Å². The third kappa shape index (κ3) is 2.85. The van der Waals surface area contributed by atoms with Gasteiger partial charge in [-0.25, -0.2) is 4.79 Å². The van der Waals surface area contributed by atoms with E-state index in [1.54, 1.807) is 18.2 Å². The Morgan fingerprint density at radius 3 is 2.71 bits per heavy atom. The van der Waals surface area contributed by atoms with Crippen LogP contribution in [0.4, 0.5) is 0 Å². The number of aromatic amines is 2. The van der Waals surface area contributed by atoms with E-state index in [0.29, 0.717) is 17.0 Å². The quantitative estimate of drug-likeness (QED) is 0.778. The molecule has 1 saturated heterocycles. The van der Waals surface area contributed by atoms with Crippen molar-refractivity contribution in [3.05, 3.63) is 70.1 Å². The minimum absolute atomic E-state index is 0.0366. The van der Waals surface area contributed by atoms with Crippen molar-refractivity contribution >= 4 is 16.9 Å². The Balaban J connectivity index is 1.47. The minimum Gasteiger partial charge on any atom is -0.338 e. The zero-order chi connectivity index (χ0) is 16.5. The molecule has 0 spiro atoms. The first-order valence-electron chi connectivity index (χ1n) is 8.24. The molecule has 0 radical (unpaired) electrons. The first-order valence-corrected chi connectivity index (χ1v) is 8.24. The van der Waals surface area contributed by atoms with Crippen molar-refractivity contribution in [2.75, 3.05) is 13.1 Å². The zero-order valence-electron chi connectivity index (χ0n) is 13.3. The average molecular weight is 321 g/mol. The number of benzene rings is 2. The molecule has 1 aliphatic heterocycles. The van der Waals surface area contributed by atoms with Gasteiger partial charge >= 0.3 is 5.69 Å². The molecule has 1 aromatic heterocycles. The largest absolute Gasteiger partial charge is 0.338 e. The third-order valence-electron chi connectivity index (χ3n) is 4.70. The maximum absolute atomic E-state index is 12.7. The second-order valence-electron chi connectivity index (χ2n) is 6.44. The van der Waals surface area contributed by atoms with E-state index >= 15 is 0 Å². The molecule has 0 aliphatic carbocycles. The SMILES string of the molecule is O=C(c1ccc2[nH]c(=O)[nH]c2c1)N1CC[C@H](Cc2ccccc2)C1. The van der Waals surface area contributed by atoms with Gasteiger partial charge in [-0.15, -0.1) is 0 Å². The summed E-state index contributed by atoms with van der Waals surface area (Å²) in [4.78, 5) is 31.4. The van der Waals surface area contributed by atoms with E-state index < -0.39 is 0 Å². The van der Waals surface area contributed by atoms with Crippen LogP contribution in [0.1, 0.15) is 22.3 Å². The normalized spacial score (nSPS) is 17.5. The molecule has 0 bridgehead atoms. The lowest BCUT2D eigenvalue weighted by molar-refractivity contribution is 0.0787. The highest BCUT2D eigenvalue weighted by molar-refractivity contribution is 5.97. The number of carbonyl (C=O) groups is 1. The van der Waals surface area contributed by atoms with Gasteiger partial charge in [0.25, 0.3) is 5.91 Å². The van der Waals surface area contributed by atoms with Crippen LogP contribution >= 0.6 is 0 Å². The molecular formula is C19H19N3O2. The summed E-state index contributed by atoms with van der Waals surface area (Å²) in [7, 11) is 0. The Hall–Kier alpha value is -2.82. The lowest BCUT2D eigenvalue weighted by Crippen LogP contribution is -2.28. The molecule has 24 heavy (non-hydrogen) atoms. The van der Waals surface area contributed by atoms with Gasteiger partial charge in [0.1, 0.15) is 0 Å². The van der Waals surface area contributed by atoms with Gasteiger partial charge in [0.05, 0.1) is 11.0 Å². The van der Waals surface area contributed by atoms with Crippen LogP contribution in [0.5, 0.6) is 0 Å². The number of nitrogens with zero attached hydrogens (tertiary/aromatic N) is 1. The van der Waals surface area contributed by atoms with Crippen LogP contribution in [-0.4, -0.2) is 33.9 Å². The van der Waals surface area contributed by atoms with Crippen LogP contribution in [0, 0.1) is 5.92 Å². The molecular weight excluding hydrogens is 302 g/mol. The van der Waals surface area contributed by atoms with E-state index in [1.807, 2.05) is 11.0 Å². The smallest absolute Gasteiger partial charge is 0.323 e. The van der Waals surface area contributed by atoms with Crippen LogP contribution in [0.15, 0.2) is 53.3 Å². The van der Waals surface area contributed by atoms with Crippen molar-refractivity contribution in [3.8, 4) is 0 Å². The molecule has 1 atom stereocenters. The van der Waals surface area contributed by atoms with Crippen LogP contribution in [0.2, 0.25) is 0 Å². The number of hydrogen-bond acceptors (Lipinski definition) is 2. The summed E-state index contributed by atoms with van der Waals surface area (Å²) in [5, 5.41) is 0. The highest BCUT2D eigenvalue weighted by atomic mass is 16.2. The summed E-state index contributed by atoms with van der Waals surface area (Å²) in [5.41, 5.74) is 3.09. The van der Waals surface area contributed by atoms with Crippen molar-refractivity contribution in [2.45, 2.75) is 12.8 Å². The predicted molar refractivity (Wildman–Crippen MR) is 93.1 cm³/mol. The maximum Gasteiger partial charge on any atom is 0.323 e. The summed E-state index contributed by atoms with van der Waals surface area (Å²) in [6, 6.07) is 15.7. The number of H-pyrrole nitrogens is 2. The predicted octanol–water partition coefficient (Wildman–Crippen LogP) is 2.56. The van der Waals surface area contributed by atoms with Gasteiger partial charge in [0, 0.05) is 18.7 Å². The Kier molecular flexibility index (Phi) is 3.69. The Morgan fingerprint density at radius 2 is 1.88 bits per heavy atom. The number of hydrogen-bond donors (Lipinski definition) is 2. The lowest BCUT2D eigenvalue weighted by Gasteiger charge is -2.17. The van der Waals surface area contributed by atoms with E-state index in [-0.39, 0.29) is 11.6 Å². The third-order valence-corrected chi connectivity index (χ3v) is 4.70. The van der Waals surface area contributed by atoms with Crippen LogP contribution < -0.4 is 5.69 Å². The molecule has 2 heterocycles. The molecule has 122 valence electrons. The molecule has 4 rings (SSSR count). The molecule has 1 aliphatic rings. The van der Waals surface area contributed by atoms with E-state index in [4.69, 9.17) is 0 Å². The number of fused-ring (bicyclic) bond motifs is 1. The number of carbonyl (C=O) groups excluding carboxylic acids is 1. The minimum atomic E-state index is -0.251. The van der Waals surface area contributed by atoms with Gasteiger partial charge in [-0.1, -0.05) is 30.3 Å². The van der Waals surface area contributed by atoms with E-state index in [0.717, 1.165) is 31.4 Å². The number of amides is 1. The fraction of sp³-hybridized carbons (Fsp3) is 0.263. The molecule has 1 fully saturated rings. The fourth-order valence-corrected chi connectivity index (χ4v) is 3.48. The van der Waals surface area contributed by atoms with Gasteiger partial charge in [-0.3, -0.25) is 4.79 Å². The average Bonchev–Trinajstić information content (AvgIpc) is 3.20. The van der Waals surface area contributed by atoms with Crippen molar-refractivity contribution < 1.29 is 4.79 Å². The second-order valence-corrected chi connectivity index (χ2v) is 6.44. The second kappa shape index (κ2) is 6.00. The maximum atomic E-state index is 12.7. The zero-order valence-corrected chi connectivity index (χ0v) is 13.3. The highest BCUT2D eigenvalue weighted by Gasteiger charge is 2.27. The molecule has 0 unspecified atom stereocenters. The summed E-state index contributed by atoms with van der Waals surface area (Å²) >= 11 is 0. The molecule has 2 N–H and O–H groups in total. The van der Waals surface area contributed by atoms with E-state index in [1.165, 1.54) is 5.56 Å². The van der Waals surface area contributed by atoms with Gasteiger partial charge < -0.3 is 14.9 Å². The van der Waals surface area contributed by atoms with Gasteiger partial charge in [-0.05, 0) is 42.5 Å². The summed E-state index contributed by atoms with van der Waals surface area (Å²) in [6.07, 6.45) is 2.04. The Labute approximate surface area is 139 Å². The molecule has 0 saturated carbocycles. The molecule has 3 aromatic rings. The lowest BCUT2D eigenvalue weighted by atomic mass is 9.99. The van der Waals surface area contributed by atoms with Crippen molar-refractivity contribution in [3.63, 3.8) is 0 Å². The van der Waals surface area contributed by atoms with Gasteiger partial charge in [-0.2, -0.15) is 0 Å². The Bertz CT molecular complexity index is 926.